The van der Waals surface area contributed by atoms with Gasteiger partial charge in [-0.3, -0.25) is 4.79 Å². The largest absolute Gasteiger partial charge is 0.348 e. The molecule has 13 heavy (non-hydrogen) atoms. The summed E-state index contributed by atoms with van der Waals surface area (Å²) < 4.78 is 0. The van der Waals surface area contributed by atoms with E-state index in [-0.39, 0.29) is 5.91 Å². The maximum atomic E-state index is 11.2. The van der Waals surface area contributed by atoms with Gasteiger partial charge in [0.05, 0.1) is 0 Å². The number of likely N-dealkylation sites (N-methyl/N-ethyl adjacent to an activating group) is 1. The Labute approximate surface area is 83.6 Å². The highest BCUT2D eigenvalue weighted by atomic mass is 32.2. The van der Waals surface area contributed by atoms with Crippen molar-refractivity contribution in [1.82, 2.24) is 10.2 Å². The van der Waals surface area contributed by atoms with Crippen LogP contribution in [0.1, 0.15) is 6.42 Å². The molecule has 4 heteroatoms. The predicted octanol–water partition coefficient (Wildman–Crippen LogP) is 0.683. The molecule has 0 saturated carbocycles. The number of likely N-dealkylation sites (tertiary alicyclic amines) is 1. The van der Waals surface area contributed by atoms with E-state index in [2.05, 4.69) is 17.3 Å². The van der Waals surface area contributed by atoms with Gasteiger partial charge in [0.25, 0.3) is 0 Å². The maximum Gasteiger partial charge on any atom is 0.244 e. The van der Waals surface area contributed by atoms with E-state index < -0.39 is 0 Å². The van der Waals surface area contributed by atoms with E-state index in [4.69, 9.17) is 0 Å². The Morgan fingerprint density at radius 1 is 1.69 bits per heavy atom. The molecule has 3 nitrogen and oxygen atoms in total. The van der Waals surface area contributed by atoms with Gasteiger partial charge in [0.2, 0.25) is 5.91 Å². The lowest BCUT2D eigenvalue weighted by atomic mass is 10.2. The summed E-state index contributed by atoms with van der Waals surface area (Å²) in [6, 6.07) is 0.337. The van der Waals surface area contributed by atoms with Gasteiger partial charge in [-0.25, -0.2) is 0 Å². The molecular weight excluding hydrogens is 184 g/mol. The summed E-state index contributed by atoms with van der Waals surface area (Å²) in [6.07, 6.45) is 4.59. The van der Waals surface area contributed by atoms with E-state index in [1.54, 1.807) is 11.5 Å². The van der Waals surface area contributed by atoms with Crippen LogP contribution in [0.3, 0.4) is 0 Å². The minimum absolute atomic E-state index is 0.0228. The summed E-state index contributed by atoms with van der Waals surface area (Å²) in [5, 5.41) is 4.76. The highest BCUT2D eigenvalue weighted by Crippen LogP contribution is 2.05. The summed E-state index contributed by atoms with van der Waals surface area (Å²) in [5.41, 5.74) is 0. The van der Waals surface area contributed by atoms with Gasteiger partial charge < -0.3 is 10.2 Å². The number of nitrogens with one attached hydrogen (secondary N) is 1. The third-order valence-corrected chi connectivity index (χ3v) is 2.50. The van der Waals surface area contributed by atoms with Gasteiger partial charge in [-0.1, -0.05) is 0 Å². The van der Waals surface area contributed by atoms with Crippen LogP contribution < -0.4 is 5.32 Å². The highest BCUT2D eigenvalue weighted by molar-refractivity contribution is 8.01. The Hall–Kier alpha value is -0.480. The number of carbonyl (C=O) groups excluding carboxylic acids is 1. The Bertz CT molecular complexity index is 206. The third kappa shape index (κ3) is 3.83. The number of thioether (sulfide) groups is 1. The molecular formula is C9H16N2OS. The molecule has 1 saturated heterocycles. The molecule has 1 unspecified atom stereocenters. The van der Waals surface area contributed by atoms with Crippen LogP contribution in [-0.4, -0.2) is 43.2 Å². The predicted molar refractivity (Wildman–Crippen MR) is 56.7 cm³/mol. The first kappa shape index (κ1) is 10.6. The van der Waals surface area contributed by atoms with Crippen LogP contribution in [0, 0.1) is 0 Å². The molecule has 0 radical (unpaired) electrons. The lowest BCUT2D eigenvalue weighted by Gasteiger charge is -2.10. The van der Waals surface area contributed by atoms with Crippen molar-refractivity contribution in [3.63, 3.8) is 0 Å². The fourth-order valence-electron chi connectivity index (χ4n) is 1.43. The van der Waals surface area contributed by atoms with Crippen LogP contribution in [0.4, 0.5) is 0 Å². The van der Waals surface area contributed by atoms with Crippen molar-refractivity contribution in [1.29, 1.82) is 0 Å². The van der Waals surface area contributed by atoms with Crippen molar-refractivity contribution in [3.8, 4) is 0 Å². The molecule has 1 rings (SSSR count). The molecule has 0 aromatic heterocycles. The number of carbonyl (C=O) groups is 1. The molecule has 0 aliphatic carbocycles. The van der Waals surface area contributed by atoms with Crippen molar-refractivity contribution >= 4 is 17.7 Å². The summed E-state index contributed by atoms with van der Waals surface area (Å²) in [7, 11) is 2.07. The van der Waals surface area contributed by atoms with E-state index >= 15 is 0 Å². The molecule has 0 aromatic rings. The van der Waals surface area contributed by atoms with Gasteiger partial charge in [0.15, 0.2) is 0 Å². The molecule has 1 aliphatic heterocycles. The van der Waals surface area contributed by atoms with Crippen LogP contribution in [-0.2, 0) is 4.79 Å². The van der Waals surface area contributed by atoms with E-state index in [1.807, 2.05) is 6.26 Å². The van der Waals surface area contributed by atoms with Crippen LogP contribution in [0.15, 0.2) is 11.5 Å². The summed E-state index contributed by atoms with van der Waals surface area (Å²) in [6.45, 7) is 2.05. The van der Waals surface area contributed by atoms with E-state index in [0.29, 0.717) is 6.04 Å². The minimum Gasteiger partial charge on any atom is -0.348 e. The highest BCUT2D eigenvalue weighted by Gasteiger charge is 2.19. The lowest BCUT2D eigenvalue weighted by molar-refractivity contribution is -0.117. The molecule has 1 N–H and O–H groups in total. The molecule has 0 bridgehead atoms. The van der Waals surface area contributed by atoms with Crippen molar-refractivity contribution in [3.05, 3.63) is 11.5 Å². The van der Waals surface area contributed by atoms with Gasteiger partial charge in [0, 0.05) is 18.7 Å². The smallest absolute Gasteiger partial charge is 0.244 e. The van der Waals surface area contributed by atoms with Gasteiger partial charge in [-0.2, -0.15) is 0 Å². The van der Waals surface area contributed by atoms with Crippen LogP contribution in [0.5, 0.6) is 0 Å². The van der Waals surface area contributed by atoms with Gasteiger partial charge in [-0.15, -0.1) is 11.8 Å². The number of rotatable bonds is 3. The number of nitrogens with zero attached hydrogens (tertiary/aromatic N) is 1. The first-order valence-electron chi connectivity index (χ1n) is 4.40. The Morgan fingerprint density at radius 2 is 2.46 bits per heavy atom. The number of hydrogen-bond acceptors (Lipinski definition) is 3. The quantitative estimate of drug-likeness (QED) is 0.680. The van der Waals surface area contributed by atoms with E-state index in [0.717, 1.165) is 19.5 Å². The van der Waals surface area contributed by atoms with Crippen molar-refractivity contribution < 1.29 is 4.79 Å². The van der Waals surface area contributed by atoms with Gasteiger partial charge in [-0.05, 0) is 31.7 Å². The summed E-state index contributed by atoms with van der Waals surface area (Å²) >= 11 is 1.54. The molecule has 1 heterocycles. The van der Waals surface area contributed by atoms with Gasteiger partial charge >= 0.3 is 0 Å². The third-order valence-electron chi connectivity index (χ3n) is 2.09. The van der Waals surface area contributed by atoms with Crippen LogP contribution in [0.2, 0.25) is 0 Å². The van der Waals surface area contributed by atoms with Crippen molar-refractivity contribution in [2.45, 2.75) is 12.5 Å². The zero-order valence-corrected chi connectivity index (χ0v) is 8.93. The number of hydrogen-bond donors (Lipinski definition) is 1. The monoisotopic (exact) mass is 200 g/mol. The average molecular weight is 200 g/mol. The SMILES string of the molecule is CS/C=C/C(=O)NC1CCN(C)C1. The average Bonchev–Trinajstić information content (AvgIpc) is 2.48. The topological polar surface area (TPSA) is 32.3 Å². The second-order valence-corrected chi connectivity index (χ2v) is 4.04. The fourth-order valence-corrected chi connectivity index (χ4v) is 1.69. The Balaban J connectivity index is 2.24. The van der Waals surface area contributed by atoms with Crippen molar-refractivity contribution in [2.75, 3.05) is 26.4 Å². The second-order valence-electron chi connectivity index (χ2n) is 3.29. The zero-order valence-electron chi connectivity index (χ0n) is 8.12. The Morgan fingerprint density at radius 3 is 3.00 bits per heavy atom. The fraction of sp³-hybridized carbons (Fsp3) is 0.667. The van der Waals surface area contributed by atoms with Gasteiger partial charge in [0.1, 0.15) is 0 Å². The van der Waals surface area contributed by atoms with E-state index in [9.17, 15) is 4.79 Å². The molecule has 1 atom stereocenters. The minimum atomic E-state index is 0.0228. The van der Waals surface area contributed by atoms with Crippen LogP contribution >= 0.6 is 11.8 Å². The first-order chi connectivity index (χ1) is 6.22. The maximum absolute atomic E-state index is 11.2. The van der Waals surface area contributed by atoms with Crippen LogP contribution in [0.25, 0.3) is 0 Å². The Kier molecular flexibility index (Phi) is 4.32. The number of amides is 1. The lowest BCUT2D eigenvalue weighted by Crippen LogP contribution is -2.35. The molecule has 0 spiro atoms. The zero-order chi connectivity index (χ0) is 9.68. The first-order valence-corrected chi connectivity index (χ1v) is 5.69. The van der Waals surface area contributed by atoms with E-state index in [1.165, 1.54) is 11.8 Å². The molecule has 1 aliphatic rings. The second kappa shape index (κ2) is 5.29. The molecule has 74 valence electrons. The summed E-state index contributed by atoms with van der Waals surface area (Å²) in [4.78, 5) is 13.5. The summed E-state index contributed by atoms with van der Waals surface area (Å²) in [5.74, 6) is 0.0228. The molecule has 0 aromatic carbocycles. The molecule has 1 fully saturated rings. The normalized spacial score (nSPS) is 24.0. The molecule has 1 amide bonds. The standard InChI is InChI=1S/C9H16N2OS/c1-11-5-3-8(7-11)10-9(12)4-6-13-2/h4,6,8H,3,5,7H2,1-2H3,(H,10,12)/b6-4+. The van der Waals surface area contributed by atoms with Crippen molar-refractivity contribution in [2.24, 2.45) is 0 Å².